The monoisotopic (exact) mass is 513 g/mol. The van der Waals surface area contributed by atoms with Gasteiger partial charge in [-0.3, -0.25) is 19.2 Å². The van der Waals surface area contributed by atoms with Gasteiger partial charge in [-0.25, -0.2) is 4.39 Å². The molecule has 1 saturated heterocycles. The van der Waals surface area contributed by atoms with E-state index in [2.05, 4.69) is 10.6 Å². The van der Waals surface area contributed by atoms with E-state index >= 15 is 0 Å². The standard InChI is InChI=1S/C27H36FN5O4/c1-17(29-2)25(35)30-23(18-7-5-4-6-8-18)26(36)32-11-13-33(14-12-32)27(37)24-21(16-34)20-15-19(28)9-10-22(20)31(24)3/h9-10,15-18,23,29H,4-8,11-14H2,1-3H3,(H,30,35)/t17-,23-/m0/s1. The van der Waals surface area contributed by atoms with E-state index in [9.17, 15) is 23.6 Å². The molecule has 0 spiro atoms. The van der Waals surface area contributed by atoms with E-state index in [1.807, 2.05) is 0 Å². The number of carbonyl (C=O) groups is 4. The molecule has 2 aliphatic rings. The smallest absolute Gasteiger partial charge is 0.271 e. The zero-order chi connectivity index (χ0) is 26.7. The second kappa shape index (κ2) is 11.4. The second-order valence-electron chi connectivity index (χ2n) is 10.1. The number of aldehydes is 1. The van der Waals surface area contributed by atoms with Crippen LogP contribution in [0.25, 0.3) is 10.9 Å². The van der Waals surface area contributed by atoms with Crippen molar-refractivity contribution in [3.8, 4) is 0 Å². The molecule has 2 atom stereocenters. The summed E-state index contributed by atoms with van der Waals surface area (Å²) in [5.41, 5.74) is 0.977. The molecular formula is C27H36FN5O4. The Morgan fingerprint density at radius 2 is 1.70 bits per heavy atom. The Labute approximate surface area is 216 Å². The number of nitrogens with zero attached hydrogens (tertiary/aromatic N) is 3. The van der Waals surface area contributed by atoms with Crippen molar-refractivity contribution in [2.24, 2.45) is 13.0 Å². The summed E-state index contributed by atoms with van der Waals surface area (Å²) in [6.07, 6.45) is 5.63. The first kappa shape index (κ1) is 26.8. The largest absolute Gasteiger partial charge is 0.343 e. The van der Waals surface area contributed by atoms with E-state index in [4.69, 9.17) is 0 Å². The minimum absolute atomic E-state index is 0.0975. The maximum atomic E-state index is 13.8. The van der Waals surface area contributed by atoms with Crippen LogP contribution in [-0.2, 0) is 16.6 Å². The lowest BCUT2D eigenvalue weighted by atomic mass is 9.83. The number of carbonyl (C=O) groups excluding carboxylic acids is 4. The highest BCUT2D eigenvalue weighted by molar-refractivity contribution is 6.10. The molecule has 2 N–H and O–H groups in total. The molecule has 2 heterocycles. The summed E-state index contributed by atoms with van der Waals surface area (Å²) >= 11 is 0. The molecule has 2 aromatic rings. The van der Waals surface area contributed by atoms with Crippen LogP contribution in [0.3, 0.4) is 0 Å². The Bertz CT molecular complexity index is 1180. The van der Waals surface area contributed by atoms with Gasteiger partial charge in [-0.1, -0.05) is 19.3 Å². The summed E-state index contributed by atoms with van der Waals surface area (Å²) < 4.78 is 15.4. The average molecular weight is 514 g/mol. The van der Waals surface area contributed by atoms with Gasteiger partial charge in [-0.2, -0.15) is 0 Å². The normalized spacial score (nSPS) is 18.5. The molecule has 37 heavy (non-hydrogen) atoms. The number of amides is 3. The predicted molar refractivity (Wildman–Crippen MR) is 138 cm³/mol. The van der Waals surface area contributed by atoms with Crippen LogP contribution >= 0.6 is 0 Å². The number of hydrogen-bond acceptors (Lipinski definition) is 5. The fraction of sp³-hybridized carbons (Fsp3) is 0.556. The fourth-order valence-electron chi connectivity index (χ4n) is 5.56. The lowest BCUT2D eigenvalue weighted by molar-refractivity contribution is -0.140. The van der Waals surface area contributed by atoms with Crippen LogP contribution in [0.2, 0.25) is 0 Å². The van der Waals surface area contributed by atoms with E-state index < -0.39 is 17.9 Å². The summed E-state index contributed by atoms with van der Waals surface area (Å²) in [7, 11) is 3.39. The van der Waals surface area contributed by atoms with Crippen LogP contribution in [-0.4, -0.2) is 83.7 Å². The van der Waals surface area contributed by atoms with Crippen LogP contribution in [0.5, 0.6) is 0 Å². The van der Waals surface area contributed by atoms with Crippen molar-refractivity contribution in [1.29, 1.82) is 0 Å². The van der Waals surface area contributed by atoms with E-state index in [0.29, 0.717) is 43.4 Å². The van der Waals surface area contributed by atoms with Crippen molar-refractivity contribution >= 4 is 34.9 Å². The van der Waals surface area contributed by atoms with Crippen LogP contribution < -0.4 is 10.6 Å². The van der Waals surface area contributed by atoms with Gasteiger partial charge in [0.15, 0.2) is 6.29 Å². The molecule has 9 nitrogen and oxygen atoms in total. The number of halogens is 1. The third-order valence-electron chi connectivity index (χ3n) is 7.91. The summed E-state index contributed by atoms with van der Waals surface area (Å²) in [6.45, 7) is 3.03. The molecule has 1 aliphatic carbocycles. The van der Waals surface area contributed by atoms with Crippen molar-refractivity contribution < 1.29 is 23.6 Å². The Hall–Kier alpha value is -3.27. The van der Waals surface area contributed by atoms with E-state index in [0.717, 1.165) is 32.1 Å². The molecule has 10 heteroatoms. The molecule has 1 aromatic heterocycles. The van der Waals surface area contributed by atoms with Gasteiger partial charge in [-0.15, -0.1) is 0 Å². The molecule has 0 unspecified atom stereocenters. The predicted octanol–water partition coefficient (Wildman–Crippen LogP) is 2.09. The maximum absolute atomic E-state index is 13.8. The van der Waals surface area contributed by atoms with Gasteiger partial charge in [0.05, 0.1) is 11.6 Å². The Kier molecular flexibility index (Phi) is 8.26. The topological polar surface area (TPSA) is 104 Å². The first-order valence-corrected chi connectivity index (χ1v) is 13.1. The number of hydrogen-bond donors (Lipinski definition) is 2. The molecule has 1 aliphatic heterocycles. The number of likely N-dealkylation sites (N-methyl/N-ethyl adjacent to an activating group) is 1. The summed E-state index contributed by atoms with van der Waals surface area (Å²) in [5, 5.41) is 6.31. The van der Waals surface area contributed by atoms with Crippen molar-refractivity contribution in [3.05, 3.63) is 35.3 Å². The van der Waals surface area contributed by atoms with Gasteiger partial charge in [0.2, 0.25) is 11.8 Å². The SMILES string of the molecule is CN[C@@H](C)C(=O)N[C@H](C(=O)N1CCN(C(=O)c2c(C=O)c3cc(F)ccc3n2C)CC1)C1CCCCC1. The molecule has 3 amide bonds. The van der Waals surface area contributed by atoms with Crippen LogP contribution in [0.1, 0.15) is 59.9 Å². The van der Waals surface area contributed by atoms with E-state index in [1.54, 1.807) is 41.5 Å². The highest BCUT2D eigenvalue weighted by Crippen LogP contribution is 2.29. The van der Waals surface area contributed by atoms with Gasteiger partial charge < -0.3 is 25.0 Å². The lowest BCUT2D eigenvalue weighted by Crippen LogP contribution is -2.59. The van der Waals surface area contributed by atoms with Crippen LogP contribution in [0.15, 0.2) is 18.2 Å². The quantitative estimate of drug-likeness (QED) is 0.552. The first-order chi connectivity index (χ1) is 17.8. The Morgan fingerprint density at radius 3 is 2.32 bits per heavy atom. The third kappa shape index (κ3) is 5.39. The zero-order valence-electron chi connectivity index (χ0n) is 21.8. The number of nitrogens with one attached hydrogen (secondary N) is 2. The van der Waals surface area contributed by atoms with Gasteiger partial charge in [-0.05, 0) is 50.9 Å². The van der Waals surface area contributed by atoms with Gasteiger partial charge in [0.25, 0.3) is 5.91 Å². The Morgan fingerprint density at radius 1 is 1.05 bits per heavy atom. The fourth-order valence-corrected chi connectivity index (χ4v) is 5.56. The lowest BCUT2D eigenvalue weighted by Gasteiger charge is -2.39. The third-order valence-corrected chi connectivity index (χ3v) is 7.91. The van der Waals surface area contributed by atoms with Crippen molar-refractivity contribution in [1.82, 2.24) is 25.0 Å². The minimum Gasteiger partial charge on any atom is -0.343 e. The minimum atomic E-state index is -0.583. The molecule has 4 rings (SSSR count). The summed E-state index contributed by atoms with van der Waals surface area (Å²) in [6, 6.07) is 3.13. The molecular weight excluding hydrogens is 477 g/mol. The molecule has 1 aromatic carbocycles. The highest BCUT2D eigenvalue weighted by Gasteiger charge is 2.36. The number of rotatable bonds is 7. The summed E-state index contributed by atoms with van der Waals surface area (Å²) in [5.74, 6) is -1.01. The molecule has 2 fully saturated rings. The van der Waals surface area contributed by atoms with Crippen molar-refractivity contribution in [3.63, 3.8) is 0 Å². The first-order valence-electron chi connectivity index (χ1n) is 13.1. The van der Waals surface area contributed by atoms with E-state index in [1.165, 1.54) is 12.1 Å². The molecule has 200 valence electrons. The maximum Gasteiger partial charge on any atom is 0.271 e. The van der Waals surface area contributed by atoms with E-state index in [-0.39, 0.29) is 34.9 Å². The Balaban J connectivity index is 1.48. The van der Waals surface area contributed by atoms with Crippen LogP contribution in [0, 0.1) is 11.7 Å². The number of aryl methyl sites for hydroxylation is 1. The van der Waals surface area contributed by atoms with Crippen LogP contribution in [0.4, 0.5) is 4.39 Å². The van der Waals surface area contributed by atoms with Crippen molar-refractivity contribution in [2.45, 2.75) is 51.1 Å². The zero-order valence-corrected chi connectivity index (χ0v) is 21.8. The average Bonchev–Trinajstić information content (AvgIpc) is 3.21. The molecule has 0 bridgehead atoms. The van der Waals surface area contributed by atoms with Gasteiger partial charge in [0.1, 0.15) is 17.6 Å². The van der Waals surface area contributed by atoms with Gasteiger partial charge >= 0.3 is 0 Å². The number of fused-ring (bicyclic) bond motifs is 1. The molecule has 1 saturated carbocycles. The highest BCUT2D eigenvalue weighted by atomic mass is 19.1. The number of benzene rings is 1. The number of piperazine rings is 1. The molecule has 0 radical (unpaired) electrons. The summed E-state index contributed by atoms with van der Waals surface area (Å²) in [4.78, 5) is 54.9. The van der Waals surface area contributed by atoms with Gasteiger partial charge in [0, 0.05) is 44.1 Å². The number of aromatic nitrogens is 1. The van der Waals surface area contributed by atoms with Crippen molar-refractivity contribution in [2.75, 3.05) is 33.2 Å². The second-order valence-corrected chi connectivity index (χ2v) is 10.1.